The first-order valence-corrected chi connectivity index (χ1v) is 15.8. The van der Waals surface area contributed by atoms with Crippen LogP contribution in [0.1, 0.15) is 71.1 Å². The summed E-state index contributed by atoms with van der Waals surface area (Å²) < 4.78 is 93.3. The van der Waals surface area contributed by atoms with E-state index >= 15 is 0 Å². The standard InChI is InChI=1S/C25H25ClF4N4O6S2/c1-42(36,37)40-20-3-2-16(26)14-10-38-25(39-11-15(14)20)18-12-41-24(31-18)13-4-6-33(7-5-13)21(35)9-34-19(23(29)30)8-17(32-34)22(27)28/h2-3,8,12-13,22-23,25H,4-7,9-11H2,1H3. The van der Waals surface area contributed by atoms with Gasteiger partial charge in [0.1, 0.15) is 29.4 Å². The largest absolute Gasteiger partial charge is 0.382 e. The number of halogens is 5. The van der Waals surface area contributed by atoms with E-state index in [1.54, 1.807) is 5.38 Å². The molecule has 228 valence electrons. The zero-order valence-corrected chi connectivity index (χ0v) is 24.4. The first kappa shape index (κ1) is 30.7. The number of amides is 1. The number of hydrogen-bond donors (Lipinski definition) is 0. The van der Waals surface area contributed by atoms with Gasteiger partial charge in [-0.2, -0.15) is 13.5 Å². The van der Waals surface area contributed by atoms with Gasteiger partial charge >= 0.3 is 10.1 Å². The predicted molar refractivity (Wildman–Crippen MR) is 142 cm³/mol. The van der Waals surface area contributed by atoms with E-state index in [9.17, 15) is 30.8 Å². The van der Waals surface area contributed by atoms with Gasteiger partial charge in [-0.05, 0) is 31.0 Å². The van der Waals surface area contributed by atoms with Crippen molar-refractivity contribution in [3.8, 4) is 5.75 Å². The number of benzene rings is 1. The number of hydrogen-bond acceptors (Lipinski definition) is 9. The Kier molecular flexibility index (Phi) is 9.08. The fraction of sp³-hybridized carbons (Fsp3) is 0.480. The second kappa shape index (κ2) is 12.4. The maximum absolute atomic E-state index is 13.3. The van der Waals surface area contributed by atoms with Crippen molar-refractivity contribution in [2.45, 2.75) is 57.7 Å². The maximum atomic E-state index is 13.3. The number of nitrogens with zero attached hydrogens (tertiary/aromatic N) is 4. The number of fused-ring (bicyclic) bond motifs is 1. The van der Waals surface area contributed by atoms with E-state index in [4.69, 9.17) is 30.2 Å². The van der Waals surface area contributed by atoms with Gasteiger partial charge in [-0.15, -0.1) is 11.3 Å². The molecule has 10 nitrogen and oxygen atoms in total. The molecule has 1 amide bonds. The second-order valence-electron chi connectivity index (χ2n) is 9.76. The zero-order chi connectivity index (χ0) is 30.2. The highest BCUT2D eigenvalue weighted by atomic mass is 35.5. The molecule has 1 unspecified atom stereocenters. The summed E-state index contributed by atoms with van der Waals surface area (Å²) in [6.07, 6.45) is -4.86. The Labute approximate surface area is 247 Å². The van der Waals surface area contributed by atoms with Crippen LogP contribution in [0, 0.1) is 0 Å². The molecular weight excluding hydrogens is 628 g/mol. The van der Waals surface area contributed by atoms with E-state index in [0.29, 0.717) is 58.5 Å². The van der Waals surface area contributed by atoms with Crippen LogP contribution in [0.5, 0.6) is 5.75 Å². The number of rotatable bonds is 8. The Morgan fingerprint density at radius 2 is 1.83 bits per heavy atom. The highest BCUT2D eigenvalue weighted by molar-refractivity contribution is 7.86. The van der Waals surface area contributed by atoms with Gasteiger partial charge in [0.15, 0.2) is 0 Å². The predicted octanol–water partition coefficient (Wildman–Crippen LogP) is 5.36. The molecule has 0 spiro atoms. The average molecular weight is 653 g/mol. The summed E-state index contributed by atoms with van der Waals surface area (Å²) >= 11 is 7.73. The van der Waals surface area contributed by atoms with Crippen molar-refractivity contribution >= 4 is 39.0 Å². The van der Waals surface area contributed by atoms with Gasteiger partial charge in [-0.1, -0.05) is 11.6 Å². The van der Waals surface area contributed by atoms with Crippen LogP contribution >= 0.6 is 22.9 Å². The summed E-state index contributed by atoms with van der Waals surface area (Å²) in [6, 6.07) is 3.60. The Balaban J connectivity index is 1.20. The quantitative estimate of drug-likeness (QED) is 0.236. The lowest BCUT2D eigenvalue weighted by atomic mass is 9.97. The van der Waals surface area contributed by atoms with Crippen molar-refractivity contribution in [2.75, 3.05) is 19.3 Å². The number of aromatic nitrogens is 3. The van der Waals surface area contributed by atoms with Gasteiger partial charge in [0, 0.05) is 40.5 Å². The first-order chi connectivity index (χ1) is 19.9. The third-order valence-electron chi connectivity index (χ3n) is 6.87. The monoisotopic (exact) mass is 652 g/mol. The minimum Gasteiger partial charge on any atom is -0.382 e. The van der Waals surface area contributed by atoms with Crippen LogP contribution < -0.4 is 4.18 Å². The number of ether oxygens (including phenoxy) is 2. The van der Waals surface area contributed by atoms with Gasteiger partial charge in [-0.3, -0.25) is 9.48 Å². The lowest BCUT2D eigenvalue weighted by Gasteiger charge is -2.31. The molecule has 0 N–H and O–H groups in total. The number of thiazole rings is 1. The van der Waals surface area contributed by atoms with E-state index in [1.807, 2.05) is 0 Å². The second-order valence-corrected chi connectivity index (χ2v) is 12.6. The molecule has 0 bridgehead atoms. The summed E-state index contributed by atoms with van der Waals surface area (Å²) in [6.45, 7) is 0.117. The van der Waals surface area contributed by atoms with Crippen molar-refractivity contribution in [1.29, 1.82) is 0 Å². The van der Waals surface area contributed by atoms with E-state index in [2.05, 4.69) is 5.10 Å². The third-order valence-corrected chi connectivity index (χ3v) is 8.73. The molecule has 0 aliphatic carbocycles. The molecular formula is C25H25ClF4N4O6S2. The third kappa shape index (κ3) is 6.88. The van der Waals surface area contributed by atoms with Crippen molar-refractivity contribution in [1.82, 2.24) is 19.7 Å². The molecule has 2 aromatic heterocycles. The zero-order valence-electron chi connectivity index (χ0n) is 22.0. The summed E-state index contributed by atoms with van der Waals surface area (Å²) in [5.41, 5.74) is 0.0122. The molecule has 4 heterocycles. The number of carbonyl (C=O) groups excluding carboxylic acids is 1. The first-order valence-electron chi connectivity index (χ1n) is 12.7. The lowest BCUT2D eigenvalue weighted by Crippen LogP contribution is -2.40. The topological polar surface area (TPSA) is 113 Å². The van der Waals surface area contributed by atoms with Crippen LogP contribution in [-0.2, 0) is 44.1 Å². The van der Waals surface area contributed by atoms with Crippen molar-refractivity contribution in [3.05, 3.63) is 61.8 Å². The van der Waals surface area contributed by atoms with Gasteiger partial charge in [-0.25, -0.2) is 22.5 Å². The van der Waals surface area contributed by atoms with Crippen molar-refractivity contribution < 1.29 is 44.4 Å². The summed E-state index contributed by atoms with van der Waals surface area (Å²) in [5.74, 6) is -0.364. The van der Waals surface area contributed by atoms with E-state index in [-0.39, 0.29) is 24.9 Å². The Morgan fingerprint density at radius 1 is 1.14 bits per heavy atom. The molecule has 1 fully saturated rings. The molecule has 17 heteroatoms. The molecule has 5 rings (SSSR count). The minimum absolute atomic E-state index is 0.0201. The van der Waals surface area contributed by atoms with Gasteiger partial charge < -0.3 is 18.6 Å². The number of likely N-dealkylation sites (tertiary alicyclic amines) is 1. The van der Waals surface area contributed by atoms with Gasteiger partial charge in [0.2, 0.25) is 12.2 Å². The van der Waals surface area contributed by atoms with Gasteiger partial charge in [0.05, 0.1) is 24.5 Å². The van der Waals surface area contributed by atoms with Crippen LogP contribution in [0.3, 0.4) is 0 Å². The molecule has 2 aliphatic rings. The number of alkyl halides is 4. The van der Waals surface area contributed by atoms with E-state index in [1.165, 1.54) is 28.4 Å². The molecule has 42 heavy (non-hydrogen) atoms. The lowest BCUT2D eigenvalue weighted by molar-refractivity contribution is -0.155. The average Bonchev–Trinajstić information content (AvgIpc) is 3.52. The fourth-order valence-electron chi connectivity index (χ4n) is 4.80. The Morgan fingerprint density at radius 3 is 2.48 bits per heavy atom. The van der Waals surface area contributed by atoms with Crippen LogP contribution in [0.4, 0.5) is 17.6 Å². The Bertz CT molecular complexity index is 1560. The molecule has 3 aromatic rings. The molecule has 1 saturated heterocycles. The van der Waals surface area contributed by atoms with Gasteiger partial charge in [0.25, 0.3) is 12.9 Å². The van der Waals surface area contributed by atoms with Crippen LogP contribution in [0.2, 0.25) is 5.02 Å². The summed E-state index contributed by atoms with van der Waals surface area (Å²) in [5, 5.41) is 6.47. The summed E-state index contributed by atoms with van der Waals surface area (Å²) in [7, 11) is -3.78. The Hall–Kier alpha value is -2.79. The normalized spacial score (nSPS) is 18.4. The fourth-order valence-corrected chi connectivity index (χ4v) is 6.50. The van der Waals surface area contributed by atoms with Crippen LogP contribution in [0.25, 0.3) is 0 Å². The summed E-state index contributed by atoms with van der Waals surface area (Å²) in [4.78, 5) is 19.0. The molecule has 0 radical (unpaired) electrons. The smallest absolute Gasteiger partial charge is 0.306 e. The highest BCUT2D eigenvalue weighted by Gasteiger charge is 2.30. The number of piperidine rings is 1. The SMILES string of the molecule is CS(=O)(=O)Oc1ccc(Cl)c2c1COC(c1csc(C3CCN(C(=O)Cn4nc(C(F)F)cc4C(F)F)CC3)n1)OC2. The van der Waals surface area contributed by atoms with E-state index in [0.717, 1.165) is 11.3 Å². The molecule has 0 saturated carbocycles. The van der Waals surface area contributed by atoms with Crippen molar-refractivity contribution in [3.63, 3.8) is 0 Å². The van der Waals surface area contributed by atoms with E-state index < -0.39 is 53.1 Å². The highest BCUT2D eigenvalue weighted by Crippen LogP contribution is 2.38. The maximum Gasteiger partial charge on any atom is 0.306 e. The number of carbonyl (C=O) groups is 1. The molecule has 1 aromatic carbocycles. The molecule has 1 atom stereocenters. The minimum atomic E-state index is -3.78. The molecule has 2 aliphatic heterocycles. The van der Waals surface area contributed by atoms with Crippen molar-refractivity contribution in [2.24, 2.45) is 0 Å². The van der Waals surface area contributed by atoms with Crippen LogP contribution in [0.15, 0.2) is 23.6 Å². The van der Waals surface area contributed by atoms with Crippen LogP contribution in [-0.4, -0.2) is 53.3 Å².